The van der Waals surface area contributed by atoms with E-state index in [9.17, 15) is 16.8 Å². The molecule has 2 N–H and O–H groups in total. The number of hydrogen-bond acceptors (Lipinski definition) is 6. The third-order valence-corrected chi connectivity index (χ3v) is 7.64. The zero-order valence-electron chi connectivity index (χ0n) is 18.4. The van der Waals surface area contributed by atoms with Crippen molar-refractivity contribution in [2.45, 2.75) is 23.6 Å². The Labute approximate surface area is 198 Å². The van der Waals surface area contributed by atoms with Gasteiger partial charge in [0.15, 0.2) is 0 Å². The summed E-state index contributed by atoms with van der Waals surface area (Å²) in [5, 5.41) is 0. The summed E-state index contributed by atoms with van der Waals surface area (Å²) in [4.78, 5) is 8.20. The predicted octanol–water partition coefficient (Wildman–Crippen LogP) is 4.36. The van der Waals surface area contributed by atoms with Crippen molar-refractivity contribution >= 4 is 31.7 Å². The van der Waals surface area contributed by atoms with E-state index in [-0.39, 0.29) is 21.4 Å². The van der Waals surface area contributed by atoms with Crippen LogP contribution in [0.3, 0.4) is 0 Å². The number of sulfonamides is 2. The van der Waals surface area contributed by atoms with E-state index in [0.29, 0.717) is 11.4 Å². The second kappa shape index (κ2) is 9.24. The van der Waals surface area contributed by atoms with Crippen LogP contribution in [0.25, 0.3) is 11.1 Å². The third-order valence-electron chi connectivity index (χ3n) is 4.90. The molecule has 0 saturated heterocycles. The molecular formula is C24H22N4O4S2. The standard InChI is InChI=1S/C24H22N4O4S2/c1-17-16-18(2)26-24(25-17)28-34(31,32)23-14-10-21(11-15-23)27-33(29,30)22-12-8-20(9-13-22)19-6-4-3-5-7-19/h3-16,27H,1-2H3,(H,25,26,28). The number of nitrogens with zero attached hydrogens (tertiary/aromatic N) is 2. The molecule has 0 aliphatic rings. The second-order valence-corrected chi connectivity index (χ2v) is 11.0. The van der Waals surface area contributed by atoms with Crippen LogP contribution in [0.5, 0.6) is 0 Å². The Balaban J connectivity index is 1.49. The van der Waals surface area contributed by atoms with E-state index in [1.54, 1.807) is 32.0 Å². The molecule has 4 aromatic rings. The molecule has 174 valence electrons. The van der Waals surface area contributed by atoms with Gasteiger partial charge < -0.3 is 0 Å². The summed E-state index contributed by atoms with van der Waals surface area (Å²) in [6, 6.07) is 23.3. The number of nitrogens with one attached hydrogen (secondary N) is 2. The Hall–Kier alpha value is -3.76. The Kier molecular flexibility index (Phi) is 6.36. The van der Waals surface area contributed by atoms with Gasteiger partial charge in [-0.1, -0.05) is 42.5 Å². The molecule has 0 atom stereocenters. The van der Waals surface area contributed by atoms with E-state index < -0.39 is 20.0 Å². The van der Waals surface area contributed by atoms with Crippen molar-refractivity contribution in [1.82, 2.24) is 9.97 Å². The molecular weight excluding hydrogens is 472 g/mol. The predicted molar refractivity (Wildman–Crippen MR) is 131 cm³/mol. The van der Waals surface area contributed by atoms with Crippen LogP contribution < -0.4 is 9.44 Å². The van der Waals surface area contributed by atoms with Gasteiger partial charge in [0.05, 0.1) is 9.79 Å². The highest BCUT2D eigenvalue weighted by atomic mass is 32.2. The van der Waals surface area contributed by atoms with Gasteiger partial charge in [0.1, 0.15) is 0 Å². The van der Waals surface area contributed by atoms with Crippen molar-refractivity contribution in [3.05, 3.63) is 96.3 Å². The average Bonchev–Trinajstić information content (AvgIpc) is 2.79. The maximum atomic E-state index is 12.8. The fourth-order valence-corrected chi connectivity index (χ4v) is 5.33. The number of rotatable bonds is 7. The molecule has 0 bridgehead atoms. The first-order valence-electron chi connectivity index (χ1n) is 10.3. The zero-order valence-corrected chi connectivity index (χ0v) is 20.1. The van der Waals surface area contributed by atoms with E-state index in [0.717, 1.165) is 11.1 Å². The summed E-state index contributed by atoms with van der Waals surface area (Å²) < 4.78 is 55.7. The van der Waals surface area contributed by atoms with Crippen LogP contribution in [0.15, 0.2) is 94.7 Å². The van der Waals surface area contributed by atoms with Crippen molar-refractivity contribution in [1.29, 1.82) is 0 Å². The molecule has 0 aliphatic carbocycles. The molecule has 10 heteroatoms. The minimum Gasteiger partial charge on any atom is -0.280 e. The summed E-state index contributed by atoms with van der Waals surface area (Å²) in [7, 11) is -7.80. The number of aromatic nitrogens is 2. The highest BCUT2D eigenvalue weighted by molar-refractivity contribution is 7.93. The number of anilines is 2. The normalized spacial score (nSPS) is 11.7. The first kappa shape index (κ1) is 23.4. The lowest BCUT2D eigenvalue weighted by Gasteiger charge is -2.11. The van der Waals surface area contributed by atoms with E-state index in [1.807, 2.05) is 30.3 Å². The lowest BCUT2D eigenvalue weighted by Crippen LogP contribution is -2.16. The molecule has 3 aromatic carbocycles. The van der Waals surface area contributed by atoms with E-state index in [2.05, 4.69) is 19.4 Å². The molecule has 0 unspecified atom stereocenters. The van der Waals surface area contributed by atoms with Gasteiger partial charge in [-0.3, -0.25) is 4.72 Å². The van der Waals surface area contributed by atoms with Gasteiger partial charge in [0.25, 0.3) is 20.0 Å². The Morgan fingerprint density at radius 2 is 1.06 bits per heavy atom. The summed E-state index contributed by atoms with van der Waals surface area (Å²) in [5.41, 5.74) is 3.37. The minimum atomic E-state index is -3.94. The fraction of sp³-hybridized carbons (Fsp3) is 0.0833. The monoisotopic (exact) mass is 494 g/mol. The van der Waals surface area contributed by atoms with Crippen molar-refractivity contribution < 1.29 is 16.8 Å². The van der Waals surface area contributed by atoms with Gasteiger partial charge in [-0.15, -0.1) is 0 Å². The SMILES string of the molecule is Cc1cc(C)nc(NS(=O)(=O)c2ccc(NS(=O)(=O)c3ccc(-c4ccccc4)cc3)cc2)n1. The first-order chi connectivity index (χ1) is 16.1. The lowest BCUT2D eigenvalue weighted by atomic mass is 10.1. The molecule has 0 amide bonds. The van der Waals surface area contributed by atoms with Crippen molar-refractivity contribution in [2.75, 3.05) is 9.44 Å². The molecule has 1 heterocycles. The smallest absolute Gasteiger partial charge is 0.264 e. The topological polar surface area (TPSA) is 118 Å². The lowest BCUT2D eigenvalue weighted by molar-refractivity contribution is 0.599. The van der Waals surface area contributed by atoms with Crippen molar-refractivity contribution in [3.63, 3.8) is 0 Å². The largest absolute Gasteiger partial charge is 0.280 e. The second-order valence-electron chi connectivity index (χ2n) is 7.60. The van der Waals surface area contributed by atoms with E-state index >= 15 is 0 Å². The Morgan fingerprint density at radius 3 is 1.62 bits per heavy atom. The summed E-state index contributed by atoms with van der Waals surface area (Å²) >= 11 is 0. The summed E-state index contributed by atoms with van der Waals surface area (Å²) in [6.07, 6.45) is 0. The molecule has 34 heavy (non-hydrogen) atoms. The number of aryl methyl sites for hydroxylation is 2. The Bertz CT molecular complexity index is 1500. The maximum absolute atomic E-state index is 12.8. The zero-order chi connectivity index (χ0) is 24.3. The molecule has 8 nitrogen and oxygen atoms in total. The van der Waals surface area contributed by atoms with E-state index in [4.69, 9.17) is 0 Å². The van der Waals surface area contributed by atoms with Crippen LogP contribution in [0.1, 0.15) is 11.4 Å². The van der Waals surface area contributed by atoms with Crippen LogP contribution in [0.2, 0.25) is 0 Å². The quantitative estimate of drug-likeness (QED) is 0.394. The highest BCUT2D eigenvalue weighted by Crippen LogP contribution is 2.23. The van der Waals surface area contributed by atoms with Crippen LogP contribution in [-0.2, 0) is 20.0 Å². The van der Waals surface area contributed by atoms with Gasteiger partial charge >= 0.3 is 0 Å². The van der Waals surface area contributed by atoms with Crippen molar-refractivity contribution in [3.8, 4) is 11.1 Å². The minimum absolute atomic E-state index is 0.0266. The molecule has 0 aliphatic heterocycles. The van der Waals surface area contributed by atoms with Crippen molar-refractivity contribution in [2.24, 2.45) is 0 Å². The van der Waals surface area contributed by atoms with Gasteiger partial charge in [0, 0.05) is 17.1 Å². The average molecular weight is 495 g/mol. The Morgan fingerprint density at radius 1 is 0.588 bits per heavy atom. The van der Waals surface area contributed by atoms with Crippen LogP contribution in [0.4, 0.5) is 11.6 Å². The molecule has 0 radical (unpaired) electrons. The number of benzene rings is 3. The van der Waals surface area contributed by atoms with E-state index in [1.165, 1.54) is 36.4 Å². The molecule has 0 spiro atoms. The summed E-state index contributed by atoms with van der Waals surface area (Å²) in [6.45, 7) is 3.48. The first-order valence-corrected chi connectivity index (χ1v) is 13.2. The highest BCUT2D eigenvalue weighted by Gasteiger charge is 2.18. The van der Waals surface area contributed by atoms with Gasteiger partial charge in [-0.25, -0.2) is 31.5 Å². The van der Waals surface area contributed by atoms with Crippen LogP contribution in [-0.4, -0.2) is 26.8 Å². The van der Waals surface area contributed by atoms with Gasteiger partial charge in [-0.05, 0) is 67.4 Å². The molecule has 4 rings (SSSR count). The van der Waals surface area contributed by atoms with Crippen LogP contribution in [0, 0.1) is 13.8 Å². The number of hydrogen-bond donors (Lipinski definition) is 2. The molecule has 0 saturated carbocycles. The maximum Gasteiger partial charge on any atom is 0.264 e. The van der Waals surface area contributed by atoms with Gasteiger partial charge in [0.2, 0.25) is 5.95 Å². The molecule has 1 aromatic heterocycles. The summed E-state index contributed by atoms with van der Waals surface area (Å²) in [5.74, 6) is -0.0266. The third kappa shape index (κ3) is 5.41. The van der Waals surface area contributed by atoms with Crippen LogP contribution >= 0.6 is 0 Å². The fourth-order valence-electron chi connectivity index (χ4n) is 3.32. The van der Waals surface area contributed by atoms with Gasteiger partial charge in [-0.2, -0.15) is 0 Å². The molecule has 0 fully saturated rings.